The molecule has 0 bridgehead atoms. The van der Waals surface area contributed by atoms with Gasteiger partial charge < -0.3 is 10.1 Å². The molecular formula is C15H19NOS. The summed E-state index contributed by atoms with van der Waals surface area (Å²) in [5.41, 5.74) is 1.25. The summed E-state index contributed by atoms with van der Waals surface area (Å²) in [5, 5.41) is 5.72. The fourth-order valence-electron chi connectivity index (χ4n) is 1.96. The van der Waals surface area contributed by atoms with Crippen LogP contribution in [0.25, 0.3) is 0 Å². The normalized spacial score (nSPS) is 12.3. The van der Waals surface area contributed by atoms with Gasteiger partial charge in [-0.1, -0.05) is 25.1 Å². The molecule has 0 aliphatic carbocycles. The number of hydrogen-bond donors (Lipinski definition) is 1. The number of nitrogens with one attached hydrogen (secondary N) is 1. The van der Waals surface area contributed by atoms with Gasteiger partial charge in [0.15, 0.2) is 0 Å². The maximum atomic E-state index is 5.23. The maximum Gasteiger partial charge on any atom is 0.119 e. The maximum absolute atomic E-state index is 5.23. The second-order valence-electron chi connectivity index (χ2n) is 4.21. The van der Waals surface area contributed by atoms with E-state index in [1.165, 1.54) is 10.4 Å². The van der Waals surface area contributed by atoms with Gasteiger partial charge in [-0.3, -0.25) is 0 Å². The lowest BCUT2D eigenvalue weighted by Gasteiger charge is -2.15. The van der Waals surface area contributed by atoms with Crippen LogP contribution in [-0.2, 0) is 6.54 Å². The van der Waals surface area contributed by atoms with Gasteiger partial charge in [-0.05, 0) is 35.6 Å². The van der Waals surface area contributed by atoms with Crippen LogP contribution >= 0.6 is 11.3 Å². The molecule has 2 nitrogen and oxygen atoms in total. The van der Waals surface area contributed by atoms with Crippen molar-refractivity contribution in [3.8, 4) is 5.75 Å². The van der Waals surface area contributed by atoms with Crippen molar-refractivity contribution in [2.45, 2.75) is 25.9 Å². The summed E-state index contributed by atoms with van der Waals surface area (Å²) in [6.07, 6.45) is 1.10. The zero-order chi connectivity index (χ0) is 12.8. The van der Waals surface area contributed by atoms with E-state index in [9.17, 15) is 0 Å². The molecule has 2 aromatic rings. The third kappa shape index (κ3) is 3.34. The van der Waals surface area contributed by atoms with Crippen molar-refractivity contribution in [1.29, 1.82) is 0 Å². The predicted octanol–water partition coefficient (Wildman–Crippen LogP) is 4.00. The first kappa shape index (κ1) is 13.1. The Morgan fingerprint density at radius 3 is 2.83 bits per heavy atom. The third-order valence-corrected chi connectivity index (χ3v) is 3.97. The molecule has 0 saturated heterocycles. The summed E-state index contributed by atoms with van der Waals surface area (Å²) in [4.78, 5) is 1.40. The zero-order valence-electron chi connectivity index (χ0n) is 10.8. The first-order valence-electron chi connectivity index (χ1n) is 6.23. The van der Waals surface area contributed by atoms with Crippen molar-refractivity contribution in [1.82, 2.24) is 5.32 Å². The number of hydrogen-bond acceptors (Lipinski definition) is 3. The van der Waals surface area contributed by atoms with Gasteiger partial charge in [0, 0.05) is 17.5 Å². The summed E-state index contributed by atoms with van der Waals surface area (Å²) < 4.78 is 5.23. The van der Waals surface area contributed by atoms with E-state index < -0.39 is 0 Å². The van der Waals surface area contributed by atoms with Crippen LogP contribution in [0.1, 0.15) is 29.8 Å². The molecule has 0 aliphatic rings. The van der Waals surface area contributed by atoms with Gasteiger partial charge in [0.25, 0.3) is 0 Å². The molecule has 1 unspecified atom stereocenters. The van der Waals surface area contributed by atoms with Crippen LogP contribution in [0.3, 0.4) is 0 Å². The Kier molecular flexibility index (Phi) is 4.79. The van der Waals surface area contributed by atoms with E-state index in [-0.39, 0.29) is 0 Å². The van der Waals surface area contributed by atoms with Gasteiger partial charge in [0.2, 0.25) is 0 Å². The van der Waals surface area contributed by atoms with Crippen molar-refractivity contribution < 1.29 is 4.74 Å². The molecule has 0 amide bonds. The lowest BCUT2D eigenvalue weighted by Crippen LogP contribution is -2.19. The molecule has 18 heavy (non-hydrogen) atoms. The van der Waals surface area contributed by atoms with Crippen molar-refractivity contribution in [3.05, 3.63) is 52.2 Å². The van der Waals surface area contributed by atoms with Crippen LogP contribution in [0.4, 0.5) is 0 Å². The highest BCUT2D eigenvalue weighted by Crippen LogP contribution is 2.22. The smallest absolute Gasteiger partial charge is 0.119 e. The highest BCUT2D eigenvalue weighted by Gasteiger charge is 2.09. The molecule has 0 fully saturated rings. The number of ether oxygens (including phenoxy) is 1. The summed E-state index contributed by atoms with van der Waals surface area (Å²) in [7, 11) is 1.70. The SMILES string of the molecule is CCC(NCc1cccc(OC)c1)c1cccs1. The van der Waals surface area contributed by atoms with E-state index >= 15 is 0 Å². The van der Waals surface area contributed by atoms with Crippen molar-refractivity contribution in [2.75, 3.05) is 7.11 Å². The van der Waals surface area contributed by atoms with Crippen LogP contribution in [0.2, 0.25) is 0 Å². The molecule has 0 radical (unpaired) electrons. The van der Waals surface area contributed by atoms with Crippen LogP contribution in [0.5, 0.6) is 5.75 Å². The van der Waals surface area contributed by atoms with Crippen LogP contribution in [0.15, 0.2) is 41.8 Å². The summed E-state index contributed by atoms with van der Waals surface area (Å²) in [6.45, 7) is 3.08. The molecule has 0 aliphatic heterocycles. The van der Waals surface area contributed by atoms with Gasteiger partial charge in [-0.15, -0.1) is 11.3 Å². The Bertz CT molecular complexity index is 467. The fraction of sp³-hybridized carbons (Fsp3) is 0.333. The summed E-state index contributed by atoms with van der Waals surface area (Å²) in [5.74, 6) is 0.915. The minimum Gasteiger partial charge on any atom is -0.497 e. The Morgan fingerprint density at radius 1 is 1.28 bits per heavy atom. The third-order valence-electron chi connectivity index (χ3n) is 2.98. The molecule has 1 aromatic carbocycles. The van der Waals surface area contributed by atoms with Gasteiger partial charge >= 0.3 is 0 Å². The summed E-state index contributed by atoms with van der Waals surface area (Å²) >= 11 is 1.81. The van der Waals surface area contributed by atoms with E-state index in [2.05, 4.69) is 41.9 Å². The molecular weight excluding hydrogens is 242 g/mol. The van der Waals surface area contributed by atoms with Crippen LogP contribution in [-0.4, -0.2) is 7.11 Å². The molecule has 2 rings (SSSR count). The van der Waals surface area contributed by atoms with Gasteiger partial charge in [0.05, 0.1) is 7.11 Å². The number of thiophene rings is 1. The van der Waals surface area contributed by atoms with Crippen molar-refractivity contribution >= 4 is 11.3 Å². The second kappa shape index (κ2) is 6.57. The predicted molar refractivity (Wildman–Crippen MR) is 77.2 cm³/mol. The van der Waals surface area contributed by atoms with Crippen molar-refractivity contribution in [3.63, 3.8) is 0 Å². The Morgan fingerprint density at radius 2 is 2.17 bits per heavy atom. The average Bonchev–Trinajstić information content (AvgIpc) is 2.94. The number of methoxy groups -OCH3 is 1. The monoisotopic (exact) mass is 261 g/mol. The molecule has 1 atom stereocenters. The molecule has 1 aromatic heterocycles. The number of rotatable bonds is 6. The quantitative estimate of drug-likeness (QED) is 0.848. The highest BCUT2D eigenvalue weighted by molar-refractivity contribution is 7.10. The highest BCUT2D eigenvalue weighted by atomic mass is 32.1. The first-order chi connectivity index (χ1) is 8.83. The average molecular weight is 261 g/mol. The van der Waals surface area contributed by atoms with Crippen LogP contribution < -0.4 is 10.1 Å². The Labute approximate surface area is 113 Å². The minimum absolute atomic E-state index is 0.441. The van der Waals surface area contributed by atoms with E-state index in [0.717, 1.165) is 18.7 Å². The molecule has 96 valence electrons. The fourth-order valence-corrected chi connectivity index (χ4v) is 2.84. The molecule has 0 spiro atoms. The van der Waals surface area contributed by atoms with E-state index in [4.69, 9.17) is 4.74 Å². The standard InChI is InChI=1S/C15H19NOS/c1-3-14(15-8-5-9-18-15)16-11-12-6-4-7-13(10-12)17-2/h4-10,14,16H,3,11H2,1-2H3. The summed E-state index contributed by atoms with van der Waals surface area (Å²) in [6, 6.07) is 12.9. The Balaban J connectivity index is 1.97. The Hall–Kier alpha value is -1.32. The van der Waals surface area contributed by atoms with E-state index in [0.29, 0.717) is 6.04 Å². The molecule has 3 heteroatoms. The lowest BCUT2D eigenvalue weighted by molar-refractivity contribution is 0.413. The van der Waals surface area contributed by atoms with Gasteiger partial charge in [0.1, 0.15) is 5.75 Å². The van der Waals surface area contributed by atoms with E-state index in [1.807, 2.05) is 23.5 Å². The second-order valence-corrected chi connectivity index (χ2v) is 5.19. The molecule has 1 heterocycles. The van der Waals surface area contributed by atoms with Crippen molar-refractivity contribution in [2.24, 2.45) is 0 Å². The zero-order valence-corrected chi connectivity index (χ0v) is 11.7. The molecule has 1 N–H and O–H groups in total. The van der Waals surface area contributed by atoms with Gasteiger partial charge in [-0.2, -0.15) is 0 Å². The van der Waals surface area contributed by atoms with E-state index in [1.54, 1.807) is 7.11 Å². The first-order valence-corrected chi connectivity index (χ1v) is 7.11. The topological polar surface area (TPSA) is 21.3 Å². The lowest BCUT2D eigenvalue weighted by atomic mass is 10.1. The number of benzene rings is 1. The van der Waals surface area contributed by atoms with Crippen LogP contribution in [0, 0.1) is 0 Å². The molecule has 0 saturated carbocycles. The van der Waals surface area contributed by atoms with Gasteiger partial charge in [-0.25, -0.2) is 0 Å². The largest absolute Gasteiger partial charge is 0.497 e. The minimum atomic E-state index is 0.441.